The van der Waals surface area contributed by atoms with E-state index in [4.69, 9.17) is 4.74 Å². The van der Waals surface area contributed by atoms with Gasteiger partial charge in [0, 0.05) is 17.2 Å². The third kappa shape index (κ3) is 5.14. The number of ether oxygens (including phenoxy) is 1. The average Bonchev–Trinajstić information content (AvgIpc) is 3.28. The molecule has 0 aliphatic carbocycles. The van der Waals surface area contributed by atoms with Crippen LogP contribution in [0.4, 0.5) is 24.5 Å². The average molecular weight is 562 g/mol. The monoisotopic (exact) mass is 562 g/mol. The van der Waals surface area contributed by atoms with Gasteiger partial charge in [0.25, 0.3) is 11.6 Å². The lowest BCUT2D eigenvalue weighted by molar-refractivity contribution is -0.384. The molecule has 4 aromatic rings. The van der Waals surface area contributed by atoms with Crippen molar-refractivity contribution in [3.63, 3.8) is 0 Å². The third-order valence-corrected chi connectivity index (χ3v) is 6.62. The predicted molar refractivity (Wildman–Crippen MR) is 138 cm³/mol. The summed E-state index contributed by atoms with van der Waals surface area (Å²) in [6.07, 6.45) is -6.40. The van der Waals surface area contributed by atoms with Crippen molar-refractivity contribution >= 4 is 45.6 Å². The Labute approximate surface area is 228 Å². The maximum Gasteiger partial charge on any atom is 0.416 e. The van der Waals surface area contributed by atoms with E-state index >= 15 is 0 Å². The largest absolute Gasteiger partial charge is 0.453 e. The van der Waals surface area contributed by atoms with Crippen LogP contribution in [-0.2, 0) is 20.5 Å². The number of fused-ring (bicyclic) bond motifs is 2. The summed E-state index contributed by atoms with van der Waals surface area (Å²) in [6, 6.07) is 18.9. The maximum absolute atomic E-state index is 13.8. The number of anilines is 1. The van der Waals surface area contributed by atoms with Gasteiger partial charge >= 0.3 is 12.1 Å². The zero-order valence-corrected chi connectivity index (χ0v) is 20.7. The minimum atomic E-state index is -4.90. The smallest absolute Gasteiger partial charge is 0.416 e. The molecule has 1 N–H and O–H groups in total. The molecule has 1 heterocycles. The van der Waals surface area contributed by atoms with Crippen LogP contribution in [0.3, 0.4) is 0 Å². The number of benzene rings is 4. The second kappa shape index (κ2) is 10.3. The van der Waals surface area contributed by atoms with Crippen LogP contribution in [0.25, 0.3) is 10.8 Å². The fourth-order valence-corrected chi connectivity index (χ4v) is 4.63. The van der Waals surface area contributed by atoms with Crippen LogP contribution < -0.4 is 5.32 Å². The van der Waals surface area contributed by atoms with Crippen molar-refractivity contribution in [2.24, 2.45) is 5.92 Å². The molecule has 0 spiro atoms. The van der Waals surface area contributed by atoms with Gasteiger partial charge in [0.1, 0.15) is 17.7 Å². The van der Waals surface area contributed by atoms with Crippen molar-refractivity contribution in [3.05, 3.63) is 117 Å². The minimum absolute atomic E-state index is 0.0239. The number of nitrogens with one attached hydrogen (secondary N) is 1. The number of Topliss-reactive ketones (excluding diaryl/α,β-unsaturated/α-hetero) is 2. The number of halogens is 3. The van der Waals surface area contributed by atoms with Crippen LogP contribution in [0, 0.1) is 16.0 Å². The molecule has 1 aliphatic heterocycles. The van der Waals surface area contributed by atoms with Gasteiger partial charge in [-0.2, -0.15) is 13.2 Å². The van der Waals surface area contributed by atoms with E-state index in [2.05, 4.69) is 0 Å². The van der Waals surface area contributed by atoms with Crippen LogP contribution in [0.15, 0.2) is 84.9 Å². The Morgan fingerprint density at radius 1 is 0.902 bits per heavy atom. The fraction of sp³-hybridized carbons (Fsp3) is 0.103. The molecule has 2 atom stereocenters. The number of carbonyl (C=O) groups excluding carboxylic acids is 4. The lowest BCUT2D eigenvalue weighted by Crippen LogP contribution is -2.38. The molecule has 9 nitrogen and oxygen atoms in total. The second-order valence-corrected chi connectivity index (χ2v) is 9.12. The molecule has 41 heavy (non-hydrogen) atoms. The molecular formula is C29H17F3N2O7. The lowest BCUT2D eigenvalue weighted by atomic mass is 9.84. The number of nitrogens with zero attached hydrogens (tertiary/aromatic N) is 1. The molecule has 0 fully saturated rings. The number of carbonyl (C=O) groups is 4. The Hall–Kier alpha value is -5.39. The number of esters is 1. The van der Waals surface area contributed by atoms with Crippen LogP contribution in [-0.4, -0.2) is 28.4 Å². The number of hydrogen-bond donors (Lipinski definition) is 1. The SMILES string of the molecule is O=C(Nc1ccc(C(F)(F)F)cc1[N+](=O)[O-])C(=O)[C@@H](C(=O)c1ccc2ccccc2c1)[C@@H]1OC(=O)c2ccccc21. The summed E-state index contributed by atoms with van der Waals surface area (Å²) in [5.41, 5.74) is -2.86. The summed E-state index contributed by atoms with van der Waals surface area (Å²) in [7, 11) is 0. The molecular weight excluding hydrogens is 545 g/mol. The zero-order valence-electron chi connectivity index (χ0n) is 20.7. The normalized spacial score (nSPS) is 15.1. The Balaban J connectivity index is 1.54. The van der Waals surface area contributed by atoms with Gasteiger partial charge in [-0.3, -0.25) is 24.5 Å². The second-order valence-electron chi connectivity index (χ2n) is 9.12. The van der Waals surface area contributed by atoms with Crippen LogP contribution in [0.2, 0.25) is 0 Å². The number of cyclic esters (lactones) is 1. The Morgan fingerprint density at radius 2 is 1.59 bits per heavy atom. The van der Waals surface area contributed by atoms with Crippen LogP contribution >= 0.6 is 0 Å². The molecule has 206 valence electrons. The predicted octanol–water partition coefficient (Wildman–Crippen LogP) is 5.69. The van der Waals surface area contributed by atoms with Crippen LogP contribution in [0.5, 0.6) is 0 Å². The maximum atomic E-state index is 13.8. The number of nitro groups is 1. The van der Waals surface area contributed by atoms with E-state index < -0.39 is 63.5 Å². The number of rotatable bonds is 7. The standard InChI is InChI=1S/C29H17F3N2O7/c30-29(31,32)18-11-12-21(22(14-18)34(39)40)33-27(37)25(36)23(26-19-7-3-4-8-20(19)28(38)41-26)24(35)17-10-9-15-5-1-2-6-16(15)13-17/h1-14,23,26H,(H,33,37)/t23-,26-/m1/s1. The molecule has 0 saturated carbocycles. The van der Waals surface area contributed by atoms with E-state index in [0.29, 0.717) is 17.5 Å². The molecule has 4 aromatic carbocycles. The molecule has 0 radical (unpaired) electrons. The number of amides is 1. The number of alkyl halides is 3. The van der Waals surface area contributed by atoms with Gasteiger partial charge in [-0.25, -0.2) is 4.79 Å². The van der Waals surface area contributed by atoms with Crippen molar-refractivity contribution < 1.29 is 42.0 Å². The highest BCUT2D eigenvalue weighted by atomic mass is 19.4. The topological polar surface area (TPSA) is 133 Å². The summed E-state index contributed by atoms with van der Waals surface area (Å²) in [5, 5.41) is 14.9. The van der Waals surface area contributed by atoms with E-state index in [1.165, 1.54) is 24.3 Å². The first-order valence-corrected chi connectivity index (χ1v) is 12.0. The number of ketones is 2. The molecule has 12 heteroatoms. The van der Waals surface area contributed by atoms with Crippen molar-refractivity contribution in [1.29, 1.82) is 0 Å². The van der Waals surface area contributed by atoms with E-state index in [1.807, 2.05) is 5.32 Å². The summed E-state index contributed by atoms with van der Waals surface area (Å²) in [6.45, 7) is 0. The van der Waals surface area contributed by atoms with Gasteiger partial charge in [-0.15, -0.1) is 0 Å². The van der Waals surface area contributed by atoms with Gasteiger partial charge < -0.3 is 10.1 Å². The zero-order chi connectivity index (χ0) is 29.5. The first-order chi connectivity index (χ1) is 19.5. The van der Waals surface area contributed by atoms with Crippen molar-refractivity contribution in [2.75, 3.05) is 5.32 Å². The highest BCUT2D eigenvalue weighted by Gasteiger charge is 2.46. The van der Waals surface area contributed by atoms with E-state index in [1.54, 1.807) is 42.5 Å². The number of hydrogen-bond acceptors (Lipinski definition) is 7. The summed E-state index contributed by atoms with van der Waals surface area (Å²) >= 11 is 0. The first kappa shape index (κ1) is 27.2. The fourth-order valence-electron chi connectivity index (χ4n) is 4.63. The summed E-state index contributed by atoms with van der Waals surface area (Å²) in [4.78, 5) is 63.3. The van der Waals surface area contributed by atoms with E-state index in [-0.39, 0.29) is 22.8 Å². The van der Waals surface area contributed by atoms with Gasteiger partial charge in [-0.1, -0.05) is 54.6 Å². The van der Waals surface area contributed by atoms with Crippen LogP contribution in [0.1, 0.15) is 37.9 Å². The van der Waals surface area contributed by atoms with Gasteiger partial charge in [0.15, 0.2) is 5.78 Å². The minimum Gasteiger partial charge on any atom is -0.453 e. The molecule has 0 unspecified atom stereocenters. The third-order valence-electron chi connectivity index (χ3n) is 6.62. The van der Waals surface area contributed by atoms with E-state index in [0.717, 1.165) is 5.39 Å². The van der Waals surface area contributed by atoms with Gasteiger partial charge in [0.2, 0.25) is 5.78 Å². The molecule has 1 amide bonds. The molecule has 0 saturated heterocycles. The van der Waals surface area contributed by atoms with Gasteiger partial charge in [-0.05, 0) is 35.0 Å². The van der Waals surface area contributed by atoms with Crippen molar-refractivity contribution in [1.82, 2.24) is 0 Å². The quantitative estimate of drug-likeness (QED) is 0.0765. The van der Waals surface area contributed by atoms with Gasteiger partial charge in [0.05, 0.1) is 16.1 Å². The first-order valence-electron chi connectivity index (χ1n) is 12.0. The molecule has 5 rings (SSSR count). The Bertz CT molecular complexity index is 1770. The lowest BCUT2D eigenvalue weighted by Gasteiger charge is -2.21. The number of nitro benzene ring substituents is 1. The summed E-state index contributed by atoms with van der Waals surface area (Å²) < 4.78 is 44.6. The highest BCUT2D eigenvalue weighted by Crippen LogP contribution is 2.39. The molecule has 0 bridgehead atoms. The van der Waals surface area contributed by atoms with E-state index in [9.17, 15) is 42.5 Å². The highest BCUT2D eigenvalue weighted by molar-refractivity contribution is 6.45. The van der Waals surface area contributed by atoms with Crippen molar-refractivity contribution in [2.45, 2.75) is 12.3 Å². The molecule has 1 aliphatic rings. The Morgan fingerprint density at radius 3 is 2.29 bits per heavy atom. The Kier molecular flexibility index (Phi) is 6.83. The summed E-state index contributed by atoms with van der Waals surface area (Å²) in [5.74, 6) is -6.53. The van der Waals surface area contributed by atoms with Crippen molar-refractivity contribution in [3.8, 4) is 0 Å². The molecule has 0 aromatic heterocycles.